The molecular weight excluding hydrogens is 705 g/mol. The molecule has 2 heterocycles. The van der Waals surface area contributed by atoms with E-state index in [1.807, 2.05) is 30.3 Å². The minimum atomic E-state index is -0.104. The average molecular weight is 743 g/mol. The molecule has 10 aromatic rings. The summed E-state index contributed by atoms with van der Waals surface area (Å²) in [7, 11) is 0. The van der Waals surface area contributed by atoms with Crippen LogP contribution in [0.3, 0.4) is 0 Å². The molecule has 3 heteroatoms. The first-order valence-electron chi connectivity index (χ1n) is 19.9. The number of furan rings is 1. The number of aromatic nitrogens is 2. The van der Waals surface area contributed by atoms with Gasteiger partial charge in [-0.1, -0.05) is 178 Å². The SMILES string of the molecule is CC1(C)c2ccccc2-c2c(-c3ccccc3-c3cc(-c4cc(-c5ccccc5)cc(-c5cccc6c5oc5ccccc56)c4)nc(-c4ccccc4)n3)cccc21. The predicted molar refractivity (Wildman–Crippen MR) is 239 cm³/mol. The Hall–Kier alpha value is -7.36. The van der Waals surface area contributed by atoms with E-state index in [9.17, 15) is 0 Å². The molecule has 0 saturated carbocycles. The van der Waals surface area contributed by atoms with Gasteiger partial charge in [0.25, 0.3) is 0 Å². The van der Waals surface area contributed by atoms with Gasteiger partial charge in [0.15, 0.2) is 5.82 Å². The first kappa shape index (κ1) is 33.9. The van der Waals surface area contributed by atoms with Gasteiger partial charge in [0.1, 0.15) is 11.2 Å². The molecule has 3 nitrogen and oxygen atoms in total. The Bertz CT molecular complexity index is 3190. The van der Waals surface area contributed by atoms with E-state index in [1.165, 1.54) is 27.8 Å². The summed E-state index contributed by atoms with van der Waals surface area (Å²) in [6, 6.07) is 68.9. The van der Waals surface area contributed by atoms with Gasteiger partial charge in [-0.15, -0.1) is 0 Å². The lowest BCUT2D eigenvalue weighted by Crippen LogP contribution is -2.14. The van der Waals surface area contributed by atoms with Crippen molar-refractivity contribution in [3.63, 3.8) is 0 Å². The molecule has 8 aromatic carbocycles. The van der Waals surface area contributed by atoms with Crippen molar-refractivity contribution in [1.29, 1.82) is 0 Å². The van der Waals surface area contributed by atoms with Gasteiger partial charge in [0.2, 0.25) is 0 Å². The molecule has 0 N–H and O–H groups in total. The monoisotopic (exact) mass is 742 g/mol. The molecule has 0 bridgehead atoms. The highest BCUT2D eigenvalue weighted by Gasteiger charge is 2.36. The normalized spacial score (nSPS) is 12.8. The Morgan fingerprint density at radius 1 is 0.379 bits per heavy atom. The second-order valence-corrected chi connectivity index (χ2v) is 15.7. The van der Waals surface area contributed by atoms with Crippen molar-refractivity contribution in [2.45, 2.75) is 19.3 Å². The summed E-state index contributed by atoms with van der Waals surface area (Å²) in [5.74, 6) is 0.679. The molecule has 0 atom stereocenters. The number of hydrogen-bond acceptors (Lipinski definition) is 3. The number of rotatable bonds is 6. The molecular formula is C55H38N2O. The minimum Gasteiger partial charge on any atom is -0.455 e. The number of benzene rings is 8. The van der Waals surface area contributed by atoms with Crippen LogP contribution in [0.15, 0.2) is 199 Å². The van der Waals surface area contributed by atoms with Crippen LogP contribution in [0.25, 0.3) is 100 Å². The van der Waals surface area contributed by atoms with E-state index in [4.69, 9.17) is 14.4 Å². The van der Waals surface area contributed by atoms with Gasteiger partial charge < -0.3 is 4.42 Å². The Morgan fingerprint density at radius 3 is 1.78 bits per heavy atom. The zero-order chi connectivity index (χ0) is 38.8. The summed E-state index contributed by atoms with van der Waals surface area (Å²) in [5.41, 5.74) is 18.4. The second kappa shape index (κ2) is 13.4. The van der Waals surface area contributed by atoms with E-state index in [1.54, 1.807) is 0 Å². The van der Waals surface area contributed by atoms with Crippen LogP contribution in [0.2, 0.25) is 0 Å². The number of hydrogen-bond donors (Lipinski definition) is 0. The van der Waals surface area contributed by atoms with Crippen molar-refractivity contribution in [1.82, 2.24) is 9.97 Å². The fourth-order valence-electron chi connectivity index (χ4n) is 9.07. The summed E-state index contributed by atoms with van der Waals surface area (Å²) < 4.78 is 6.58. The Morgan fingerprint density at radius 2 is 0.948 bits per heavy atom. The minimum absolute atomic E-state index is 0.104. The van der Waals surface area contributed by atoms with E-state index in [0.29, 0.717) is 5.82 Å². The summed E-state index contributed by atoms with van der Waals surface area (Å²) in [6.07, 6.45) is 0. The number of para-hydroxylation sites is 2. The maximum atomic E-state index is 6.58. The maximum Gasteiger partial charge on any atom is 0.160 e. The molecule has 0 aliphatic heterocycles. The van der Waals surface area contributed by atoms with Crippen LogP contribution in [0.4, 0.5) is 0 Å². The molecule has 58 heavy (non-hydrogen) atoms. The van der Waals surface area contributed by atoms with Gasteiger partial charge in [0.05, 0.1) is 11.4 Å². The van der Waals surface area contributed by atoms with E-state index < -0.39 is 0 Å². The molecule has 0 fully saturated rings. The maximum absolute atomic E-state index is 6.58. The van der Waals surface area contributed by atoms with Crippen molar-refractivity contribution < 1.29 is 4.42 Å². The van der Waals surface area contributed by atoms with E-state index >= 15 is 0 Å². The lowest BCUT2D eigenvalue weighted by atomic mass is 9.81. The van der Waals surface area contributed by atoms with Gasteiger partial charge in [-0.25, -0.2) is 9.97 Å². The van der Waals surface area contributed by atoms with Crippen molar-refractivity contribution in [3.05, 3.63) is 205 Å². The van der Waals surface area contributed by atoms with Crippen LogP contribution in [-0.4, -0.2) is 9.97 Å². The van der Waals surface area contributed by atoms with Crippen molar-refractivity contribution >= 4 is 21.9 Å². The van der Waals surface area contributed by atoms with Crippen molar-refractivity contribution in [2.75, 3.05) is 0 Å². The molecule has 0 amide bonds. The van der Waals surface area contributed by atoms with Gasteiger partial charge >= 0.3 is 0 Å². The average Bonchev–Trinajstić information content (AvgIpc) is 3.79. The highest BCUT2D eigenvalue weighted by atomic mass is 16.3. The van der Waals surface area contributed by atoms with Crippen LogP contribution in [0.1, 0.15) is 25.0 Å². The van der Waals surface area contributed by atoms with Gasteiger partial charge in [-0.2, -0.15) is 0 Å². The molecule has 0 unspecified atom stereocenters. The fraction of sp³-hybridized carbons (Fsp3) is 0.0545. The topological polar surface area (TPSA) is 38.9 Å². The van der Waals surface area contributed by atoms with Crippen LogP contribution < -0.4 is 0 Å². The standard InChI is InChI=1S/C55H38N2O/c1-55(2)47-28-13-11-24-46(47)52-44(26-16-29-48(52)55)41-21-9-10-22-42(41)50-34-49(56-54(57-50)36-19-7-4-8-20-36)39-32-37(35-17-5-3-6-18-35)31-38(33-39)40-25-15-27-45-43-23-12-14-30-51(43)58-53(40)45/h3-34H,1-2H3. The van der Waals surface area contributed by atoms with Crippen LogP contribution >= 0.6 is 0 Å². The second-order valence-electron chi connectivity index (χ2n) is 15.7. The molecule has 11 rings (SSSR count). The van der Waals surface area contributed by atoms with E-state index in [-0.39, 0.29) is 5.41 Å². The Kier molecular flexibility index (Phi) is 7.84. The highest BCUT2D eigenvalue weighted by molar-refractivity contribution is 6.10. The zero-order valence-electron chi connectivity index (χ0n) is 32.3. The third kappa shape index (κ3) is 5.50. The molecule has 2 aromatic heterocycles. The molecule has 0 spiro atoms. The lowest BCUT2D eigenvalue weighted by Gasteiger charge is -2.22. The Balaban J connectivity index is 1.15. The smallest absolute Gasteiger partial charge is 0.160 e. The molecule has 274 valence electrons. The predicted octanol–water partition coefficient (Wildman–Crippen LogP) is 14.7. The summed E-state index contributed by atoms with van der Waals surface area (Å²) >= 11 is 0. The first-order chi connectivity index (χ1) is 28.5. The molecule has 1 aliphatic carbocycles. The lowest BCUT2D eigenvalue weighted by molar-refractivity contribution is 0.660. The number of fused-ring (bicyclic) bond motifs is 6. The quantitative estimate of drug-likeness (QED) is 0.170. The highest BCUT2D eigenvalue weighted by Crippen LogP contribution is 2.53. The van der Waals surface area contributed by atoms with E-state index in [0.717, 1.165) is 77.8 Å². The van der Waals surface area contributed by atoms with Gasteiger partial charge in [0, 0.05) is 38.4 Å². The number of nitrogens with zero attached hydrogens (tertiary/aromatic N) is 2. The van der Waals surface area contributed by atoms with Crippen LogP contribution in [0, 0.1) is 0 Å². The zero-order valence-corrected chi connectivity index (χ0v) is 32.3. The fourth-order valence-corrected chi connectivity index (χ4v) is 9.07. The molecule has 1 aliphatic rings. The van der Waals surface area contributed by atoms with Crippen LogP contribution in [0.5, 0.6) is 0 Å². The van der Waals surface area contributed by atoms with Gasteiger partial charge in [-0.3, -0.25) is 0 Å². The third-order valence-electron chi connectivity index (χ3n) is 11.9. The summed E-state index contributed by atoms with van der Waals surface area (Å²) in [6.45, 7) is 4.67. The summed E-state index contributed by atoms with van der Waals surface area (Å²) in [4.78, 5) is 10.7. The van der Waals surface area contributed by atoms with Crippen molar-refractivity contribution in [2.24, 2.45) is 0 Å². The Labute approximate surface area is 338 Å². The van der Waals surface area contributed by atoms with Crippen molar-refractivity contribution in [3.8, 4) is 78.4 Å². The van der Waals surface area contributed by atoms with E-state index in [2.05, 4.69) is 178 Å². The first-order valence-corrected chi connectivity index (χ1v) is 19.9. The largest absolute Gasteiger partial charge is 0.455 e. The van der Waals surface area contributed by atoms with Gasteiger partial charge in [-0.05, 0) is 80.4 Å². The third-order valence-corrected chi connectivity index (χ3v) is 11.9. The van der Waals surface area contributed by atoms with Crippen LogP contribution in [-0.2, 0) is 5.41 Å². The summed E-state index contributed by atoms with van der Waals surface area (Å²) in [5, 5.41) is 2.21. The molecule has 0 radical (unpaired) electrons. The molecule has 0 saturated heterocycles.